The van der Waals surface area contributed by atoms with E-state index in [4.69, 9.17) is 4.18 Å². The summed E-state index contributed by atoms with van der Waals surface area (Å²) in [6.45, 7) is 3.65. The Morgan fingerprint density at radius 3 is 2.47 bits per heavy atom. The van der Waals surface area contributed by atoms with Crippen LogP contribution in [0.3, 0.4) is 0 Å². The minimum absolute atomic E-state index is 0.0978. The van der Waals surface area contributed by atoms with Gasteiger partial charge in [0.1, 0.15) is 0 Å². The minimum Gasteiger partial charge on any atom is -0.267 e. The highest BCUT2D eigenvalue weighted by Gasteiger charge is 2.20. The molecule has 0 spiro atoms. The van der Waals surface area contributed by atoms with Crippen LogP contribution in [0.1, 0.15) is 25.5 Å². The molecule has 0 aliphatic heterocycles. The van der Waals surface area contributed by atoms with Gasteiger partial charge in [-0.2, -0.15) is 8.42 Å². The predicted octanol–water partition coefficient (Wildman–Crippen LogP) is 2.70. The molecule has 0 saturated heterocycles. The van der Waals surface area contributed by atoms with E-state index in [1.165, 1.54) is 0 Å². The molecule has 5 heteroatoms. The van der Waals surface area contributed by atoms with Gasteiger partial charge in [-0.1, -0.05) is 31.2 Å². The first-order valence-corrected chi connectivity index (χ1v) is 7.92. The summed E-state index contributed by atoms with van der Waals surface area (Å²) >= 11 is 0. The molecule has 1 aromatic carbocycles. The van der Waals surface area contributed by atoms with Crippen LogP contribution in [-0.4, -0.2) is 25.8 Å². The van der Waals surface area contributed by atoms with Crippen LogP contribution in [0.4, 0.5) is 0 Å². The summed E-state index contributed by atoms with van der Waals surface area (Å²) in [6.07, 6.45) is 0.619. The lowest BCUT2D eigenvalue weighted by Crippen LogP contribution is -2.21. The van der Waals surface area contributed by atoms with Crippen LogP contribution >= 0.6 is 0 Å². The standard InChI is InChI=1S/C14H17NO3S/c1-10(11(2)18-19(3,16)17)13-9-8-12-6-4-5-7-14(12)15-13/h4-11H,1-3H3/t10-,11+/m1/s1. The molecule has 0 aliphatic rings. The van der Waals surface area contributed by atoms with Crippen molar-refractivity contribution in [2.45, 2.75) is 25.9 Å². The van der Waals surface area contributed by atoms with Crippen molar-refractivity contribution in [1.29, 1.82) is 0 Å². The van der Waals surface area contributed by atoms with Crippen LogP contribution in [0, 0.1) is 0 Å². The Morgan fingerprint density at radius 1 is 1.11 bits per heavy atom. The summed E-state index contributed by atoms with van der Waals surface area (Å²) in [6, 6.07) is 11.7. The van der Waals surface area contributed by atoms with Crippen LogP contribution < -0.4 is 0 Å². The van der Waals surface area contributed by atoms with Gasteiger partial charge in [-0.25, -0.2) is 0 Å². The smallest absolute Gasteiger partial charge is 0.264 e. The van der Waals surface area contributed by atoms with Crippen molar-refractivity contribution in [3.05, 3.63) is 42.1 Å². The Hall–Kier alpha value is -1.46. The number of benzene rings is 1. The molecule has 19 heavy (non-hydrogen) atoms. The second-order valence-electron chi connectivity index (χ2n) is 4.72. The third-order valence-electron chi connectivity index (χ3n) is 3.12. The van der Waals surface area contributed by atoms with Gasteiger partial charge in [-0.05, 0) is 19.1 Å². The number of hydrogen-bond acceptors (Lipinski definition) is 4. The first-order valence-electron chi connectivity index (χ1n) is 6.11. The molecule has 0 N–H and O–H groups in total. The molecular formula is C14H17NO3S. The van der Waals surface area contributed by atoms with Crippen molar-refractivity contribution in [1.82, 2.24) is 4.98 Å². The Balaban J connectivity index is 2.28. The van der Waals surface area contributed by atoms with E-state index in [-0.39, 0.29) is 5.92 Å². The van der Waals surface area contributed by atoms with E-state index in [1.807, 2.05) is 43.3 Å². The van der Waals surface area contributed by atoms with Crippen molar-refractivity contribution < 1.29 is 12.6 Å². The maximum Gasteiger partial charge on any atom is 0.264 e. The number of hydrogen-bond donors (Lipinski definition) is 0. The summed E-state index contributed by atoms with van der Waals surface area (Å²) < 4.78 is 27.3. The van der Waals surface area contributed by atoms with Crippen molar-refractivity contribution in [2.75, 3.05) is 6.26 Å². The van der Waals surface area contributed by atoms with Gasteiger partial charge < -0.3 is 0 Å². The maximum atomic E-state index is 11.1. The second-order valence-corrected chi connectivity index (χ2v) is 6.32. The van der Waals surface area contributed by atoms with E-state index >= 15 is 0 Å². The van der Waals surface area contributed by atoms with Crippen LogP contribution in [-0.2, 0) is 14.3 Å². The number of para-hydroxylation sites is 1. The quantitative estimate of drug-likeness (QED) is 0.807. The van der Waals surface area contributed by atoms with Gasteiger partial charge in [0.05, 0.1) is 17.9 Å². The molecule has 2 rings (SSSR count). The zero-order chi connectivity index (χ0) is 14.0. The van der Waals surface area contributed by atoms with E-state index in [9.17, 15) is 8.42 Å². The van der Waals surface area contributed by atoms with Crippen molar-refractivity contribution >= 4 is 21.0 Å². The number of aromatic nitrogens is 1. The molecule has 102 valence electrons. The monoisotopic (exact) mass is 279 g/mol. The van der Waals surface area contributed by atoms with E-state index in [0.717, 1.165) is 22.9 Å². The fourth-order valence-electron chi connectivity index (χ4n) is 1.93. The third-order valence-corrected chi connectivity index (χ3v) is 3.77. The molecule has 0 fully saturated rings. The zero-order valence-corrected chi connectivity index (χ0v) is 12.0. The van der Waals surface area contributed by atoms with Gasteiger partial charge in [0.15, 0.2) is 0 Å². The van der Waals surface area contributed by atoms with Crippen LogP contribution in [0.2, 0.25) is 0 Å². The average Bonchev–Trinajstić information content (AvgIpc) is 2.35. The van der Waals surface area contributed by atoms with E-state index in [1.54, 1.807) is 6.92 Å². The topological polar surface area (TPSA) is 56.3 Å². The summed E-state index contributed by atoms with van der Waals surface area (Å²) in [5, 5.41) is 1.06. The van der Waals surface area contributed by atoms with Crippen LogP contribution in [0.5, 0.6) is 0 Å². The first kappa shape index (κ1) is 14.0. The fraction of sp³-hybridized carbons (Fsp3) is 0.357. The Morgan fingerprint density at radius 2 is 1.79 bits per heavy atom. The van der Waals surface area contributed by atoms with Gasteiger partial charge in [0.25, 0.3) is 10.1 Å². The molecule has 0 amide bonds. The molecule has 0 radical (unpaired) electrons. The second kappa shape index (κ2) is 5.27. The van der Waals surface area contributed by atoms with Gasteiger partial charge in [-0.15, -0.1) is 0 Å². The molecule has 0 aliphatic carbocycles. The molecule has 2 aromatic rings. The minimum atomic E-state index is -3.45. The third kappa shape index (κ3) is 3.52. The lowest BCUT2D eigenvalue weighted by molar-refractivity contribution is 0.203. The molecular weight excluding hydrogens is 262 g/mol. The predicted molar refractivity (Wildman–Crippen MR) is 75.5 cm³/mol. The van der Waals surface area contributed by atoms with E-state index in [2.05, 4.69) is 4.98 Å². The van der Waals surface area contributed by atoms with E-state index in [0.29, 0.717) is 0 Å². The maximum absolute atomic E-state index is 11.1. The van der Waals surface area contributed by atoms with Crippen molar-refractivity contribution in [3.63, 3.8) is 0 Å². The van der Waals surface area contributed by atoms with Crippen LogP contribution in [0.15, 0.2) is 36.4 Å². The van der Waals surface area contributed by atoms with Crippen LogP contribution in [0.25, 0.3) is 10.9 Å². The van der Waals surface area contributed by atoms with Crippen molar-refractivity contribution in [2.24, 2.45) is 0 Å². The Labute approximate surface area is 113 Å². The highest BCUT2D eigenvalue weighted by atomic mass is 32.2. The average molecular weight is 279 g/mol. The Kier molecular flexibility index (Phi) is 3.87. The molecule has 1 aromatic heterocycles. The molecule has 2 atom stereocenters. The number of pyridine rings is 1. The van der Waals surface area contributed by atoms with Gasteiger partial charge in [0.2, 0.25) is 0 Å². The fourth-order valence-corrected chi connectivity index (χ4v) is 2.65. The largest absolute Gasteiger partial charge is 0.267 e. The summed E-state index contributed by atoms with van der Waals surface area (Å²) in [5.74, 6) is -0.0978. The molecule has 0 saturated carbocycles. The first-order chi connectivity index (χ1) is 8.87. The highest BCUT2D eigenvalue weighted by Crippen LogP contribution is 2.23. The van der Waals surface area contributed by atoms with Gasteiger partial charge in [0, 0.05) is 17.0 Å². The molecule has 0 bridgehead atoms. The zero-order valence-electron chi connectivity index (χ0n) is 11.2. The summed E-state index contributed by atoms with van der Waals surface area (Å²) in [5.41, 5.74) is 1.73. The normalized spacial score (nSPS) is 15.3. The molecule has 1 heterocycles. The number of rotatable bonds is 4. The Bertz CT molecular complexity index is 682. The molecule has 4 nitrogen and oxygen atoms in total. The van der Waals surface area contributed by atoms with E-state index < -0.39 is 16.2 Å². The van der Waals surface area contributed by atoms with Gasteiger partial charge >= 0.3 is 0 Å². The highest BCUT2D eigenvalue weighted by molar-refractivity contribution is 7.86. The lowest BCUT2D eigenvalue weighted by Gasteiger charge is -2.18. The lowest BCUT2D eigenvalue weighted by atomic mass is 10.0. The number of fused-ring (bicyclic) bond motifs is 1. The molecule has 0 unspecified atom stereocenters. The van der Waals surface area contributed by atoms with Crippen molar-refractivity contribution in [3.8, 4) is 0 Å². The number of nitrogens with zero attached hydrogens (tertiary/aromatic N) is 1. The summed E-state index contributed by atoms with van der Waals surface area (Å²) in [4.78, 5) is 4.55. The SMILES string of the molecule is C[C@H](OS(C)(=O)=O)[C@@H](C)c1ccc2ccccc2n1. The summed E-state index contributed by atoms with van der Waals surface area (Å²) in [7, 11) is -3.45. The van der Waals surface area contributed by atoms with Gasteiger partial charge in [-0.3, -0.25) is 9.17 Å².